The molecule has 2 aromatic carbocycles. The van der Waals surface area contributed by atoms with Crippen molar-refractivity contribution in [2.24, 2.45) is 4.99 Å². The quantitative estimate of drug-likeness (QED) is 0.758. The zero-order valence-electron chi connectivity index (χ0n) is 16.9. The van der Waals surface area contributed by atoms with Gasteiger partial charge >= 0.3 is 0 Å². The summed E-state index contributed by atoms with van der Waals surface area (Å²) in [4.78, 5) is 32.2. The molecule has 30 heavy (non-hydrogen) atoms. The molecule has 0 unspecified atom stereocenters. The van der Waals surface area contributed by atoms with E-state index in [1.165, 1.54) is 11.8 Å². The molecule has 2 fully saturated rings. The molecule has 0 aliphatic carbocycles. The van der Waals surface area contributed by atoms with E-state index >= 15 is 0 Å². The van der Waals surface area contributed by atoms with Crippen LogP contribution in [0.15, 0.2) is 59.6 Å². The number of benzene rings is 2. The number of aliphatic imine (C=N–C) groups is 1. The van der Waals surface area contributed by atoms with Crippen LogP contribution in [0.1, 0.15) is 24.8 Å². The predicted molar refractivity (Wildman–Crippen MR) is 120 cm³/mol. The molecular weight excluding hydrogens is 398 g/mol. The number of anilines is 1. The number of aryl methyl sites for hydroxylation is 1. The van der Waals surface area contributed by atoms with Gasteiger partial charge in [-0.05, 0) is 43.5 Å². The van der Waals surface area contributed by atoms with Crippen LogP contribution in [0.25, 0.3) is 0 Å². The Hall–Kier alpha value is -2.64. The van der Waals surface area contributed by atoms with Gasteiger partial charge in [-0.1, -0.05) is 48.2 Å². The second kappa shape index (κ2) is 9.45. The maximum absolute atomic E-state index is 13.2. The number of para-hydroxylation sites is 2. The fourth-order valence-electron chi connectivity index (χ4n) is 3.58. The Labute approximate surface area is 180 Å². The molecule has 2 saturated heterocycles. The first-order valence-electron chi connectivity index (χ1n) is 10.2. The van der Waals surface area contributed by atoms with Crippen molar-refractivity contribution < 1.29 is 14.3 Å². The average molecular weight is 424 g/mol. The van der Waals surface area contributed by atoms with Gasteiger partial charge in [-0.25, -0.2) is 4.99 Å². The first-order valence-corrected chi connectivity index (χ1v) is 11.1. The highest BCUT2D eigenvalue weighted by Crippen LogP contribution is 2.33. The van der Waals surface area contributed by atoms with Crippen LogP contribution >= 0.6 is 11.8 Å². The number of hydrogen-bond acceptors (Lipinski definition) is 5. The second-order valence-electron chi connectivity index (χ2n) is 7.49. The van der Waals surface area contributed by atoms with Gasteiger partial charge in [0.05, 0.1) is 18.3 Å². The summed E-state index contributed by atoms with van der Waals surface area (Å²) >= 11 is 1.36. The second-order valence-corrected chi connectivity index (χ2v) is 8.66. The Morgan fingerprint density at radius 2 is 1.97 bits per heavy atom. The average Bonchev–Trinajstić information content (AvgIpc) is 3.35. The summed E-state index contributed by atoms with van der Waals surface area (Å²) in [6.45, 7) is 3.20. The largest absolute Gasteiger partial charge is 0.376 e. The number of amides is 2. The Morgan fingerprint density at radius 1 is 1.20 bits per heavy atom. The van der Waals surface area contributed by atoms with E-state index in [9.17, 15) is 9.59 Å². The molecule has 6 nitrogen and oxygen atoms in total. The fourth-order valence-corrected chi connectivity index (χ4v) is 4.74. The Balaban J connectivity index is 1.51. The molecular formula is C23H25N3O3S. The van der Waals surface area contributed by atoms with Crippen molar-refractivity contribution in [3.05, 3.63) is 60.2 Å². The summed E-state index contributed by atoms with van der Waals surface area (Å²) in [5.74, 6) is -0.257. The Kier molecular flexibility index (Phi) is 6.50. The van der Waals surface area contributed by atoms with Gasteiger partial charge in [-0.2, -0.15) is 0 Å². The molecule has 156 valence electrons. The SMILES string of the molecule is Cc1ccccc1N=C1S[C@H](CC(=O)Nc2ccccc2)C(=O)N1C[C@H]1CCCO1. The highest BCUT2D eigenvalue weighted by molar-refractivity contribution is 8.15. The number of nitrogens with zero attached hydrogens (tertiary/aromatic N) is 2. The summed E-state index contributed by atoms with van der Waals surface area (Å²) in [5.41, 5.74) is 2.60. The minimum atomic E-state index is -0.488. The first-order chi connectivity index (χ1) is 14.6. The molecule has 2 heterocycles. The first kappa shape index (κ1) is 20.6. The molecule has 2 aliphatic heterocycles. The number of carbonyl (C=O) groups is 2. The van der Waals surface area contributed by atoms with Gasteiger partial charge < -0.3 is 10.1 Å². The third-order valence-electron chi connectivity index (χ3n) is 5.19. The zero-order valence-corrected chi connectivity index (χ0v) is 17.7. The molecule has 0 radical (unpaired) electrons. The number of thioether (sulfide) groups is 1. The van der Waals surface area contributed by atoms with Gasteiger partial charge in [0, 0.05) is 18.7 Å². The maximum Gasteiger partial charge on any atom is 0.242 e. The van der Waals surface area contributed by atoms with Crippen LogP contribution in [0.4, 0.5) is 11.4 Å². The summed E-state index contributed by atoms with van der Waals surface area (Å²) in [6, 6.07) is 17.1. The lowest BCUT2D eigenvalue weighted by Gasteiger charge is -2.20. The van der Waals surface area contributed by atoms with E-state index < -0.39 is 5.25 Å². The van der Waals surface area contributed by atoms with Gasteiger partial charge in [0.1, 0.15) is 5.25 Å². The van der Waals surface area contributed by atoms with Gasteiger partial charge in [-0.3, -0.25) is 14.5 Å². The van der Waals surface area contributed by atoms with Crippen molar-refractivity contribution in [1.82, 2.24) is 4.90 Å². The van der Waals surface area contributed by atoms with E-state index in [0.717, 1.165) is 36.4 Å². The third-order valence-corrected chi connectivity index (χ3v) is 6.37. The van der Waals surface area contributed by atoms with Crippen LogP contribution in [0.2, 0.25) is 0 Å². The lowest BCUT2D eigenvalue weighted by molar-refractivity contribution is -0.129. The van der Waals surface area contributed by atoms with E-state index in [1.54, 1.807) is 4.90 Å². The molecule has 0 saturated carbocycles. The number of carbonyl (C=O) groups excluding carboxylic acids is 2. The van der Waals surface area contributed by atoms with Gasteiger partial charge in [-0.15, -0.1) is 0 Å². The molecule has 7 heteroatoms. The zero-order chi connectivity index (χ0) is 20.9. The minimum Gasteiger partial charge on any atom is -0.376 e. The molecule has 4 rings (SSSR count). The van der Waals surface area contributed by atoms with Crippen LogP contribution < -0.4 is 5.32 Å². The van der Waals surface area contributed by atoms with Crippen molar-refractivity contribution in [1.29, 1.82) is 0 Å². The topological polar surface area (TPSA) is 71.0 Å². The number of nitrogens with one attached hydrogen (secondary N) is 1. The fraction of sp³-hybridized carbons (Fsp3) is 0.348. The van der Waals surface area contributed by atoms with Crippen LogP contribution in [-0.2, 0) is 14.3 Å². The maximum atomic E-state index is 13.2. The molecule has 0 bridgehead atoms. The lowest BCUT2D eigenvalue weighted by Crippen LogP contribution is -2.38. The van der Waals surface area contributed by atoms with Crippen LogP contribution in [0.5, 0.6) is 0 Å². The molecule has 0 spiro atoms. The van der Waals surface area contributed by atoms with Gasteiger partial charge in [0.25, 0.3) is 0 Å². The molecule has 2 aliphatic rings. The van der Waals surface area contributed by atoms with Gasteiger partial charge in [0.15, 0.2) is 5.17 Å². The van der Waals surface area contributed by atoms with Crippen molar-refractivity contribution in [2.45, 2.75) is 37.5 Å². The summed E-state index contributed by atoms with van der Waals surface area (Å²) in [7, 11) is 0. The van der Waals surface area contributed by atoms with Crippen molar-refractivity contribution >= 4 is 40.1 Å². The van der Waals surface area contributed by atoms with E-state index in [2.05, 4.69) is 5.32 Å². The highest BCUT2D eigenvalue weighted by Gasteiger charge is 2.40. The van der Waals surface area contributed by atoms with Crippen LogP contribution in [-0.4, -0.2) is 46.4 Å². The summed E-state index contributed by atoms with van der Waals surface area (Å²) in [5, 5.41) is 3.02. The monoisotopic (exact) mass is 423 g/mol. The smallest absolute Gasteiger partial charge is 0.242 e. The van der Waals surface area contributed by atoms with Crippen molar-refractivity contribution in [3.63, 3.8) is 0 Å². The van der Waals surface area contributed by atoms with E-state index in [-0.39, 0.29) is 24.3 Å². The molecule has 1 N–H and O–H groups in total. The molecule has 2 atom stereocenters. The summed E-state index contributed by atoms with van der Waals surface area (Å²) in [6.07, 6.45) is 2.07. The van der Waals surface area contributed by atoms with E-state index in [1.807, 2.05) is 61.5 Å². The Bertz CT molecular complexity index is 942. The predicted octanol–water partition coefficient (Wildman–Crippen LogP) is 4.13. The number of amidine groups is 1. The van der Waals surface area contributed by atoms with E-state index in [4.69, 9.17) is 9.73 Å². The number of rotatable bonds is 6. The van der Waals surface area contributed by atoms with Crippen molar-refractivity contribution in [2.75, 3.05) is 18.5 Å². The highest BCUT2D eigenvalue weighted by atomic mass is 32.2. The summed E-state index contributed by atoms with van der Waals surface area (Å²) < 4.78 is 5.74. The van der Waals surface area contributed by atoms with E-state index in [0.29, 0.717) is 11.7 Å². The molecule has 2 aromatic rings. The number of hydrogen-bond donors (Lipinski definition) is 1. The molecule has 0 aromatic heterocycles. The Morgan fingerprint density at radius 3 is 2.70 bits per heavy atom. The molecule has 2 amide bonds. The third kappa shape index (κ3) is 4.91. The van der Waals surface area contributed by atoms with Crippen LogP contribution in [0, 0.1) is 6.92 Å². The van der Waals surface area contributed by atoms with Crippen LogP contribution in [0.3, 0.4) is 0 Å². The standard InChI is InChI=1S/C23H25N3O3S/c1-16-8-5-6-12-19(16)25-23-26(15-18-11-7-13-29-18)22(28)20(30-23)14-21(27)24-17-9-3-2-4-10-17/h2-6,8-10,12,18,20H,7,11,13-15H2,1H3,(H,24,27)/t18-,20-/m1/s1. The van der Waals surface area contributed by atoms with Gasteiger partial charge in [0.2, 0.25) is 11.8 Å². The normalized spacial score (nSPS) is 22.6. The van der Waals surface area contributed by atoms with Crippen molar-refractivity contribution in [3.8, 4) is 0 Å². The number of ether oxygens (including phenoxy) is 1. The lowest BCUT2D eigenvalue weighted by atomic mass is 10.2. The minimum absolute atomic E-state index is 0.0218.